The number of rotatable bonds is 5. The Morgan fingerprint density at radius 1 is 1.03 bits per heavy atom. The Morgan fingerprint density at radius 2 is 1.83 bits per heavy atom. The third kappa shape index (κ3) is 3.62. The maximum absolute atomic E-state index is 12.9. The van der Waals surface area contributed by atoms with Crippen LogP contribution in [0.3, 0.4) is 0 Å². The first-order valence-corrected chi connectivity index (χ1v) is 9.61. The second-order valence-corrected chi connectivity index (χ2v) is 7.23. The fraction of sp³-hybridized carbons (Fsp3) is 0.143. The topological polar surface area (TPSA) is 82.8 Å². The Morgan fingerprint density at radius 3 is 2.55 bits per heavy atom. The summed E-state index contributed by atoms with van der Waals surface area (Å²) in [7, 11) is 3.09. The van der Waals surface area contributed by atoms with Gasteiger partial charge in [0.05, 0.1) is 18.8 Å². The predicted octanol–water partition coefficient (Wildman–Crippen LogP) is 1.67. The van der Waals surface area contributed by atoms with Crippen LogP contribution in [0.1, 0.15) is 16.8 Å². The van der Waals surface area contributed by atoms with Crippen molar-refractivity contribution in [2.75, 3.05) is 14.2 Å². The minimum atomic E-state index is -0.430. The second kappa shape index (κ2) is 7.84. The van der Waals surface area contributed by atoms with Gasteiger partial charge < -0.3 is 9.47 Å². The van der Waals surface area contributed by atoms with E-state index in [2.05, 4.69) is 10.1 Å². The molecule has 0 saturated carbocycles. The molecule has 0 radical (unpaired) electrons. The molecule has 0 N–H and O–H groups in total. The van der Waals surface area contributed by atoms with Gasteiger partial charge in [0.1, 0.15) is 5.69 Å². The zero-order valence-electron chi connectivity index (χ0n) is 15.8. The van der Waals surface area contributed by atoms with Crippen LogP contribution >= 0.6 is 11.3 Å². The smallest absolute Gasteiger partial charge is 0.296 e. The summed E-state index contributed by atoms with van der Waals surface area (Å²) in [4.78, 5) is 29.6. The van der Waals surface area contributed by atoms with Gasteiger partial charge in [-0.2, -0.15) is 14.6 Å². The van der Waals surface area contributed by atoms with Crippen molar-refractivity contribution in [1.82, 2.24) is 14.6 Å². The van der Waals surface area contributed by atoms with Crippen LogP contribution in [0, 0.1) is 0 Å². The number of thiazole rings is 1. The SMILES string of the molecule is COc1cccc(/C=c2/sc3nc(=O)c(Cc4ccccc4)nn3c2=O)c1OC. The number of para-hydroxylation sites is 1. The fourth-order valence-electron chi connectivity index (χ4n) is 3.01. The van der Waals surface area contributed by atoms with E-state index in [0.717, 1.165) is 16.9 Å². The predicted molar refractivity (Wildman–Crippen MR) is 111 cm³/mol. The van der Waals surface area contributed by atoms with Gasteiger partial charge in [-0.25, -0.2) is 0 Å². The highest BCUT2D eigenvalue weighted by Crippen LogP contribution is 2.30. The van der Waals surface area contributed by atoms with E-state index < -0.39 is 5.56 Å². The summed E-state index contributed by atoms with van der Waals surface area (Å²) in [6.07, 6.45) is 2.00. The molecule has 2 aromatic heterocycles. The molecule has 146 valence electrons. The van der Waals surface area contributed by atoms with Crippen molar-refractivity contribution >= 4 is 22.4 Å². The molecule has 7 nitrogen and oxygen atoms in total. The summed E-state index contributed by atoms with van der Waals surface area (Å²) in [5.74, 6) is 1.08. The van der Waals surface area contributed by atoms with Crippen LogP contribution in [0.15, 0.2) is 58.1 Å². The number of hydrogen-bond donors (Lipinski definition) is 0. The summed E-state index contributed by atoms with van der Waals surface area (Å²) in [5, 5.41) is 4.27. The molecule has 0 aliphatic rings. The number of hydrogen-bond acceptors (Lipinski definition) is 7. The maximum Gasteiger partial charge on any atom is 0.296 e. The van der Waals surface area contributed by atoms with Crippen LogP contribution in [0.4, 0.5) is 0 Å². The van der Waals surface area contributed by atoms with E-state index in [0.29, 0.717) is 28.0 Å². The van der Waals surface area contributed by atoms with E-state index in [1.807, 2.05) is 42.5 Å². The van der Waals surface area contributed by atoms with E-state index in [9.17, 15) is 9.59 Å². The Bertz CT molecular complexity index is 1350. The van der Waals surface area contributed by atoms with E-state index in [1.54, 1.807) is 19.3 Å². The lowest BCUT2D eigenvalue weighted by Crippen LogP contribution is -2.28. The van der Waals surface area contributed by atoms with Gasteiger partial charge in [0.2, 0.25) is 4.96 Å². The highest BCUT2D eigenvalue weighted by Gasteiger charge is 2.13. The molecule has 0 unspecified atom stereocenters. The van der Waals surface area contributed by atoms with Gasteiger partial charge in [-0.05, 0) is 17.7 Å². The molecule has 0 bridgehead atoms. The normalized spacial score (nSPS) is 11.7. The molecule has 0 amide bonds. The van der Waals surface area contributed by atoms with Crippen molar-refractivity contribution in [2.24, 2.45) is 0 Å². The number of nitrogens with zero attached hydrogens (tertiary/aromatic N) is 3. The zero-order chi connectivity index (χ0) is 20.4. The molecule has 4 aromatic rings. The lowest BCUT2D eigenvalue weighted by molar-refractivity contribution is 0.354. The molecule has 0 spiro atoms. The van der Waals surface area contributed by atoms with Crippen LogP contribution in [0.5, 0.6) is 11.5 Å². The maximum atomic E-state index is 12.9. The molecule has 2 heterocycles. The third-order valence-electron chi connectivity index (χ3n) is 4.38. The van der Waals surface area contributed by atoms with E-state index >= 15 is 0 Å². The van der Waals surface area contributed by atoms with Crippen LogP contribution in [-0.4, -0.2) is 28.8 Å². The first-order chi connectivity index (χ1) is 14.1. The number of fused-ring (bicyclic) bond motifs is 1. The monoisotopic (exact) mass is 407 g/mol. The standard InChI is InChI=1S/C21H17N3O4S/c1-27-16-10-6-9-14(18(16)28-2)12-17-20(26)24-21(29-17)22-19(25)15(23-24)11-13-7-4-3-5-8-13/h3-10,12H,11H2,1-2H3/b17-12+. The quantitative estimate of drug-likeness (QED) is 0.501. The Hall–Kier alpha value is -3.52. The van der Waals surface area contributed by atoms with E-state index in [4.69, 9.17) is 9.47 Å². The molecule has 0 aliphatic heterocycles. The highest BCUT2D eigenvalue weighted by molar-refractivity contribution is 7.15. The molecular formula is C21H17N3O4S. The van der Waals surface area contributed by atoms with E-state index in [1.165, 1.54) is 11.6 Å². The van der Waals surface area contributed by atoms with Gasteiger partial charge in [-0.1, -0.05) is 53.8 Å². The van der Waals surface area contributed by atoms with Crippen molar-refractivity contribution in [3.05, 3.63) is 90.6 Å². The van der Waals surface area contributed by atoms with Crippen molar-refractivity contribution in [3.63, 3.8) is 0 Å². The Kier molecular flexibility index (Phi) is 5.09. The van der Waals surface area contributed by atoms with Gasteiger partial charge in [0.25, 0.3) is 11.1 Å². The fourth-order valence-corrected chi connectivity index (χ4v) is 3.90. The average Bonchev–Trinajstić information content (AvgIpc) is 3.03. The minimum absolute atomic E-state index is 0.231. The van der Waals surface area contributed by atoms with Crippen molar-refractivity contribution in [1.29, 1.82) is 0 Å². The van der Waals surface area contributed by atoms with Crippen LogP contribution in [0.25, 0.3) is 11.0 Å². The molecule has 4 rings (SSSR count). The first kappa shape index (κ1) is 18.8. The lowest BCUT2D eigenvalue weighted by Gasteiger charge is -2.09. The highest BCUT2D eigenvalue weighted by atomic mass is 32.1. The summed E-state index contributed by atoms with van der Waals surface area (Å²) < 4.78 is 12.3. The number of benzene rings is 2. The molecule has 0 aliphatic carbocycles. The van der Waals surface area contributed by atoms with Gasteiger partial charge in [-0.15, -0.1) is 0 Å². The molecule has 0 saturated heterocycles. The molecule has 0 atom stereocenters. The largest absolute Gasteiger partial charge is 0.493 e. The molecule has 29 heavy (non-hydrogen) atoms. The molecule has 0 fully saturated rings. The van der Waals surface area contributed by atoms with Crippen LogP contribution in [-0.2, 0) is 6.42 Å². The van der Waals surface area contributed by atoms with Gasteiger partial charge >= 0.3 is 0 Å². The lowest BCUT2D eigenvalue weighted by atomic mass is 10.1. The number of aromatic nitrogens is 3. The summed E-state index contributed by atoms with van der Waals surface area (Å²) in [6, 6.07) is 14.9. The van der Waals surface area contributed by atoms with Crippen LogP contribution < -0.4 is 25.1 Å². The van der Waals surface area contributed by atoms with Crippen molar-refractivity contribution in [2.45, 2.75) is 6.42 Å². The Balaban J connectivity index is 1.84. The van der Waals surface area contributed by atoms with Gasteiger partial charge in [-0.3, -0.25) is 9.59 Å². The minimum Gasteiger partial charge on any atom is -0.493 e. The summed E-state index contributed by atoms with van der Waals surface area (Å²) >= 11 is 1.11. The Labute approximate surface area is 169 Å². The first-order valence-electron chi connectivity index (χ1n) is 8.80. The van der Waals surface area contributed by atoms with Gasteiger partial charge in [0, 0.05) is 12.0 Å². The second-order valence-electron chi connectivity index (χ2n) is 6.22. The number of ether oxygens (including phenoxy) is 2. The average molecular weight is 407 g/mol. The summed E-state index contributed by atoms with van der Waals surface area (Å²) in [5.41, 5.74) is 1.07. The third-order valence-corrected chi connectivity index (χ3v) is 5.34. The molecule has 2 aromatic carbocycles. The molecule has 8 heteroatoms. The molecular weight excluding hydrogens is 390 g/mol. The van der Waals surface area contributed by atoms with Crippen molar-refractivity contribution < 1.29 is 9.47 Å². The van der Waals surface area contributed by atoms with Crippen LogP contribution in [0.2, 0.25) is 0 Å². The van der Waals surface area contributed by atoms with Crippen molar-refractivity contribution in [3.8, 4) is 11.5 Å². The number of methoxy groups -OCH3 is 2. The summed E-state index contributed by atoms with van der Waals surface area (Å²) in [6.45, 7) is 0. The van der Waals surface area contributed by atoms with E-state index in [-0.39, 0.29) is 16.2 Å². The zero-order valence-corrected chi connectivity index (χ0v) is 16.6. The van der Waals surface area contributed by atoms with Gasteiger partial charge in [0.15, 0.2) is 11.5 Å².